The van der Waals surface area contributed by atoms with Crippen LogP contribution in [-0.2, 0) is 0 Å². The molecular formula is C17H33. The van der Waals surface area contributed by atoms with Gasteiger partial charge in [-0.2, -0.15) is 0 Å². The fourth-order valence-electron chi connectivity index (χ4n) is 2.20. The molecule has 0 rings (SSSR count). The molecule has 0 bridgehead atoms. The summed E-state index contributed by atoms with van der Waals surface area (Å²) in [5.41, 5.74) is 0. The van der Waals surface area contributed by atoms with Crippen LogP contribution in [0.5, 0.6) is 0 Å². The van der Waals surface area contributed by atoms with E-state index in [1.54, 1.807) is 0 Å². The van der Waals surface area contributed by atoms with Crippen LogP contribution in [0, 0.1) is 6.92 Å². The zero-order valence-electron chi connectivity index (χ0n) is 12.1. The molecule has 0 saturated carbocycles. The summed E-state index contributed by atoms with van der Waals surface area (Å²) in [5, 5.41) is 0. The first-order valence-corrected chi connectivity index (χ1v) is 7.82. The third-order valence-corrected chi connectivity index (χ3v) is 3.36. The predicted molar refractivity (Wildman–Crippen MR) is 80.2 cm³/mol. The second kappa shape index (κ2) is 15.7. The largest absolute Gasteiger partial charge is 0.0917 e. The molecule has 17 heavy (non-hydrogen) atoms. The average molecular weight is 237 g/mol. The molecule has 0 aromatic heterocycles. The second-order valence-electron chi connectivity index (χ2n) is 5.10. The third kappa shape index (κ3) is 15.7. The van der Waals surface area contributed by atoms with Crippen molar-refractivity contribution in [1.29, 1.82) is 0 Å². The van der Waals surface area contributed by atoms with Crippen LogP contribution in [0.25, 0.3) is 0 Å². The van der Waals surface area contributed by atoms with Crippen molar-refractivity contribution in [2.24, 2.45) is 0 Å². The van der Waals surface area contributed by atoms with Crippen LogP contribution in [0.2, 0.25) is 0 Å². The fourth-order valence-corrected chi connectivity index (χ4v) is 2.20. The quantitative estimate of drug-likeness (QED) is 0.254. The zero-order valence-corrected chi connectivity index (χ0v) is 12.1. The summed E-state index contributed by atoms with van der Waals surface area (Å²) in [6.07, 6.45) is 22.5. The Morgan fingerprint density at radius 2 is 1.06 bits per heavy atom. The van der Waals surface area contributed by atoms with Crippen molar-refractivity contribution in [3.05, 3.63) is 19.1 Å². The van der Waals surface area contributed by atoms with Gasteiger partial charge in [-0.3, -0.25) is 0 Å². The molecule has 0 spiro atoms. The molecule has 0 heteroatoms. The van der Waals surface area contributed by atoms with Crippen molar-refractivity contribution >= 4 is 0 Å². The molecule has 0 aromatic rings. The van der Waals surface area contributed by atoms with Gasteiger partial charge in [-0.15, -0.1) is 0 Å². The smallest absolute Gasteiger partial charge is 0.0351 e. The molecule has 0 aliphatic heterocycles. The molecule has 0 aliphatic rings. The van der Waals surface area contributed by atoms with E-state index in [1.165, 1.54) is 77.0 Å². The maximum Gasteiger partial charge on any atom is -0.0351 e. The maximum atomic E-state index is 3.88. The minimum Gasteiger partial charge on any atom is -0.0917 e. The number of hydrogen-bond donors (Lipinski definition) is 0. The van der Waals surface area contributed by atoms with E-state index < -0.39 is 0 Å². The Bertz CT molecular complexity index is 146. The number of allylic oxidation sites excluding steroid dienone is 2. The fraction of sp³-hybridized carbons (Fsp3) is 0.824. The first-order valence-electron chi connectivity index (χ1n) is 7.82. The first kappa shape index (κ1) is 16.7. The van der Waals surface area contributed by atoms with E-state index >= 15 is 0 Å². The Morgan fingerprint density at radius 1 is 0.647 bits per heavy atom. The normalized spacial score (nSPS) is 11.4. The second-order valence-corrected chi connectivity index (χ2v) is 5.10. The highest BCUT2D eigenvalue weighted by atomic mass is 14.0. The van der Waals surface area contributed by atoms with Crippen molar-refractivity contribution in [3.8, 4) is 0 Å². The van der Waals surface area contributed by atoms with Gasteiger partial charge in [-0.05, 0) is 19.8 Å². The molecule has 0 saturated heterocycles. The molecule has 0 unspecified atom stereocenters. The summed E-state index contributed by atoms with van der Waals surface area (Å²) < 4.78 is 0. The number of hydrogen-bond acceptors (Lipinski definition) is 0. The van der Waals surface area contributed by atoms with Gasteiger partial charge in [0.1, 0.15) is 0 Å². The molecular weight excluding hydrogens is 204 g/mol. The van der Waals surface area contributed by atoms with E-state index in [4.69, 9.17) is 0 Å². The average Bonchev–Trinajstić information content (AvgIpc) is 2.35. The number of rotatable bonds is 13. The van der Waals surface area contributed by atoms with Gasteiger partial charge in [-0.25, -0.2) is 0 Å². The van der Waals surface area contributed by atoms with E-state index in [0.29, 0.717) is 0 Å². The Hall–Kier alpha value is -0.260. The van der Waals surface area contributed by atoms with Gasteiger partial charge in [0.25, 0.3) is 0 Å². The molecule has 0 aliphatic carbocycles. The standard InChI is InChI=1S/C17H33/c1-3-5-7-9-11-13-15-17-16-14-12-10-8-6-4-2/h4,6H,1,3,5,7-17H2,2H3/b6-4+. The highest BCUT2D eigenvalue weighted by molar-refractivity contribution is 4.76. The van der Waals surface area contributed by atoms with Gasteiger partial charge >= 0.3 is 0 Å². The Morgan fingerprint density at radius 3 is 1.47 bits per heavy atom. The van der Waals surface area contributed by atoms with Gasteiger partial charge in [0, 0.05) is 0 Å². The lowest BCUT2D eigenvalue weighted by molar-refractivity contribution is 0.547. The molecule has 0 fully saturated rings. The minimum atomic E-state index is 1.12. The van der Waals surface area contributed by atoms with E-state index in [9.17, 15) is 0 Å². The van der Waals surface area contributed by atoms with Crippen LogP contribution in [-0.4, -0.2) is 0 Å². The Labute approximate surface area is 110 Å². The molecule has 0 atom stereocenters. The monoisotopic (exact) mass is 237 g/mol. The summed E-state index contributed by atoms with van der Waals surface area (Å²) in [6, 6.07) is 0. The lowest BCUT2D eigenvalue weighted by Gasteiger charge is -2.02. The molecule has 0 aromatic carbocycles. The van der Waals surface area contributed by atoms with Crippen LogP contribution in [0.1, 0.15) is 90.4 Å². The van der Waals surface area contributed by atoms with Crippen LogP contribution in [0.4, 0.5) is 0 Å². The van der Waals surface area contributed by atoms with Crippen molar-refractivity contribution in [2.75, 3.05) is 0 Å². The van der Waals surface area contributed by atoms with Gasteiger partial charge in [0.05, 0.1) is 0 Å². The van der Waals surface area contributed by atoms with Crippen molar-refractivity contribution in [3.63, 3.8) is 0 Å². The van der Waals surface area contributed by atoms with E-state index in [2.05, 4.69) is 26.0 Å². The summed E-state index contributed by atoms with van der Waals surface area (Å²) in [7, 11) is 0. The third-order valence-electron chi connectivity index (χ3n) is 3.36. The Kier molecular flexibility index (Phi) is 15.5. The van der Waals surface area contributed by atoms with Crippen LogP contribution in [0.3, 0.4) is 0 Å². The molecule has 0 amide bonds. The highest BCUT2D eigenvalue weighted by Gasteiger charge is 1.92. The summed E-state index contributed by atoms with van der Waals surface area (Å²) in [4.78, 5) is 0. The van der Waals surface area contributed by atoms with E-state index in [1.807, 2.05) is 0 Å². The van der Waals surface area contributed by atoms with Crippen LogP contribution in [0.15, 0.2) is 12.2 Å². The van der Waals surface area contributed by atoms with E-state index in [0.717, 1.165) is 6.42 Å². The molecule has 1 radical (unpaired) electrons. The summed E-state index contributed by atoms with van der Waals surface area (Å²) >= 11 is 0. The summed E-state index contributed by atoms with van der Waals surface area (Å²) in [6.45, 7) is 5.98. The van der Waals surface area contributed by atoms with Gasteiger partial charge < -0.3 is 0 Å². The lowest BCUT2D eigenvalue weighted by Crippen LogP contribution is -1.82. The van der Waals surface area contributed by atoms with Crippen molar-refractivity contribution in [1.82, 2.24) is 0 Å². The number of unbranched alkanes of at least 4 members (excludes halogenated alkanes) is 12. The molecule has 101 valence electrons. The van der Waals surface area contributed by atoms with Gasteiger partial charge in [-0.1, -0.05) is 89.7 Å². The molecule has 0 N–H and O–H groups in total. The Balaban J connectivity index is 2.89. The molecule has 0 nitrogen and oxygen atoms in total. The SMILES string of the molecule is [CH2]CCCCCCCCCCCCC/C=C/C. The van der Waals surface area contributed by atoms with Crippen LogP contribution < -0.4 is 0 Å². The maximum absolute atomic E-state index is 3.88. The van der Waals surface area contributed by atoms with Crippen molar-refractivity contribution < 1.29 is 0 Å². The minimum absolute atomic E-state index is 1.12. The predicted octanol–water partition coefficient (Wildman–Crippen LogP) is 6.47. The summed E-state index contributed by atoms with van der Waals surface area (Å²) in [5.74, 6) is 0. The van der Waals surface area contributed by atoms with E-state index in [-0.39, 0.29) is 0 Å². The first-order chi connectivity index (χ1) is 8.41. The highest BCUT2D eigenvalue weighted by Crippen LogP contribution is 2.12. The molecule has 0 heterocycles. The van der Waals surface area contributed by atoms with Crippen molar-refractivity contribution in [2.45, 2.75) is 90.4 Å². The van der Waals surface area contributed by atoms with Crippen LogP contribution >= 0.6 is 0 Å². The van der Waals surface area contributed by atoms with Gasteiger partial charge in [0.2, 0.25) is 0 Å². The van der Waals surface area contributed by atoms with Gasteiger partial charge in [0.15, 0.2) is 0 Å². The lowest BCUT2D eigenvalue weighted by atomic mass is 10.0. The zero-order chi connectivity index (χ0) is 12.6. The topological polar surface area (TPSA) is 0 Å².